The number of aliphatic imine (C=N–C) groups is 1. The molecule has 1 aromatic heterocycles. The van der Waals surface area contributed by atoms with Crippen molar-refractivity contribution in [3.8, 4) is 0 Å². The molecule has 2 heterocycles. The first-order valence-corrected chi connectivity index (χ1v) is 14.7. The second kappa shape index (κ2) is 13.1. The predicted octanol–water partition coefficient (Wildman–Crippen LogP) is 5.89. The Morgan fingerprint density at radius 2 is 1.79 bits per heavy atom. The van der Waals surface area contributed by atoms with E-state index in [1.807, 2.05) is 6.92 Å². The second-order valence-corrected chi connectivity index (χ2v) is 11.2. The minimum absolute atomic E-state index is 0.0868. The highest BCUT2D eigenvalue weighted by molar-refractivity contribution is 6.20. The summed E-state index contributed by atoms with van der Waals surface area (Å²) < 4.78 is 40.0. The second-order valence-electron chi connectivity index (χ2n) is 11.2. The largest absolute Gasteiger partial charge is 0.416 e. The average molecular weight is 593 g/mol. The molecule has 0 radical (unpaired) electrons. The predicted molar refractivity (Wildman–Crippen MR) is 157 cm³/mol. The number of aliphatic hydroxyl groups excluding tert-OH is 1. The van der Waals surface area contributed by atoms with E-state index in [-0.39, 0.29) is 12.3 Å². The summed E-state index contributed by atoms with van der Waals surface area (Å²) in [5.74, 6) is -1.32. The number of para-hydroxylation sites is 1. The molecule has 2 N–H and O–H groups in total. The van der Waals surface area contributed by atoms with Gasteiger partial charge in [-0.25, -0.2) is 4.99 Å². The minimum Gasteiger partial charge on any atom is -0.392 e. The van der Waals surface area contributed by atoms with Gasteiger partial charge in [0.05, 0.1) is 41.2 Å². The quantitative estimate of drug-likeness (QED) is 0.290. The lowest BCUT2D eigenvalue weighted by Gasteiger charge is -2.27. The van der Waals surface area contributed by atoms with Crippen molar-refractivity contribution in [3.05, 3.63) is 95.3 Å². The van der Waals surface area contributed by atoms with E-state index in [9.17, 15) is 27.9 Å². The lowest BCUT2D eigenvalue weighted by atomic mass is 9.91. The maximum Gasteiger partial charge on any atom is 0.416 e. The van der Waals surface area contributed by atoms with Crippen LogP contribution >= 0.6 is 0 Å². The summed E-state index contributed by atoms with van der Waals surface area (Å²) in [5, 5.41) is 13.8. The molecule has 7 nitrogen and oxygen atoms in total. The number of benzodiazepines with no additional fused rings is 1. The number of halogens is 3. The van der Waals surface area contributed by atoms with Crippen molar-refractivity contribution in [3.63, 3.8) is 0 Å². The number of nitrogens with zero attached hydrogens (tertiary/aromatic N) is 3. The highest BCUT2D eigenvalue weighted by Gasteiger charge is 2.38. The normalized spacial score (nSPS) is 18.3. The number of hydrogen-bond acceptors (Lipinski definition) is 5. The van der Waals surface area contributed by atoms with E-state index in [1.54, 1.807) is 48.7 Å². The maximum absolute atomic E-state index is 14.2. The molecule has 10 heteroatoms. The van der Waals surface area contributed by atoms with Gasteiger partial charge < -0.3 is 15.3 Å². The van der Waals surface area contributed by atoms with Crippen molar-refractivity contribution in [1.82, 2.24) is 10.3 Å². The fraction of sp³-hybridized carbons (Fsp3) is 0.394. The molecule has 2 amide bonds. The highest BCUT2D eigenvalue weighted by atomic mass is 19.4. The minimum atomic E-state index is -4.51. The van der Waals surface area contributed by atoms with Crippen LogP contribution in [0.15, 0.2) is 77.9 Å². The Labute approximate surface area is 248 Å². The van der Waals surface area contributed by atoms with Crippen molar-refractivity contribution in [2.75, 3.05) is 4.90 Å². The van der Waals surface area contributed by atoms with Crippen molar-refractivity contribution in [2.24, 2.45) is 16.8 Å². The highest BCUT2D eigenvalue weighted by Crippen LogP contribution is 2.37. The molecular formula is C33H35F3N4O3. The van der Waals surface area contributed by atoms with Crippen LogP contribution in [-0.4, -0.2) is 39.9 Å². The van der Waals surface area contributed by atoms with E-state index in [0.717, 1.165) is 37.8 Å². The Morgan fingerprint density at radius 1 is 1.07 bits per heavy atom. The van der Waals surface area contributed by atoms with Crippen molar-refractivity contribution < 1.29 is 27.9 Å². The Hall–Kier alpha value is -4.05. The number of fused-ring (bicyclic) bond motifs is 1. The Morgan fingerprint density at radius 3 is 2.44 bits per heavy atom. The van der Waals surface area contributed by atoms with Crippen LogP contribution in [0.2, 0.25) is 0 Å². The molecule has 5 rings (SSSR count). The number of anilines is 1. The molecule has 1 saturated carbocycles. The van der Waals surface area contributed by atoms with Gasteiger partial charge in [0.2, 0.25) is 12.1 Å². The standard InChI is InChI=1S/C33H35F3N4O3/c1-2-3-11-28(41)26(19-21-12-13-21)31(42)39-30-32(43)40(20-24-8-6-7-18-37-24)27-10-5-4-9-25(27)29(38-30)22-14-16-23(17-15-22)33(34,35)36/h4-10,14-18,21,26,28,30,41H,2-3,11-13,19-20H2,1H3,(H,39,42). The van der Waals surface area contributed by atoms with Crippen molar-refractivity contribution >= 4 is 23.2 Å². The van der Waals surface area contributed by atoms with Crippen LogP contribution in [0.5, 0.6) is 0 Å². The molecule has 2 aliphatic rings. The van der Waals surface area contributed by atoms with Crippen LogP contribution in [0.4, 0.5) is 18.9 Å². The number of aliphatic hydroxyl groups is 1. The topological polar surface area (TPSA) is 94.9 Å². The third-order valence-electron chi connectivity index (χ3n) is 7.96. The van der Waals surface area contributed by atoms with Gasteiger partial charge in [0.1, 0.15) is 0 Å². The number of hydrogen-bond donors (Lipinski definition) is 2. The van der Waals surface area contributed by atoms with Crippen LogP contribution in [0.1, 0.15) is 67.8 Å². The van der Waals surface area contributed by atoms with E-state index < -0.39 is 41.7 Å². The molecule has 1 aliphatic heterocycles. The van der Waals surface area contributed by atoms with Gasteiger partial charge in [0.25, 0.3) is 5.91 Å². The molecule has 3 unspecified atom stereocenters. The molecule has 0 spiro atoms. The third-order valence-corrected chi connectivity index (χ3v) is 7.96. The van der Waals surface area contributed by atoms with Gasteiger partial charge in [-0.15, -0.1) is 0 Å². The van der Waals surface area contributed by atoms with E-state index in [0.29, 0.717) is 41.3 Å². The zero-order chi connectivity index (χ0) is 30.6. The van der Waals surface area contributed by atoms with Crippen molar-refractivity contribution in [1.29, 1.82) is 0 Å². The lowest BCUT2D eigenvalue weighted by Crippen LogP contribution is -2.50. The molecule has 3 aromatic rings. The van der Waals surface area contributed by atoms with E-state index in [2.05, 4.69) is 10.3 Å². The van der Waals surface area contributed by atoms with Gasteiger partial charge >= 0.3 is 6.18 Å². The molecular weight excluding hydrogens is 557 g/mol. The zero-order valence-corrected chi connectivity index (χ0v) is 23.9. The molecule has 226 valence electrons. The zero-order valence-electron chi connectivity index (χ0n) is 23.9. The van der Waals surface area contributed by atoms with Gasteiger partial charge in [0, 0.05) is 17.3 Å². The number of rotatable bonds is 11. The van der Waals surface area contributed by atoms with E-state index in [4.69, 9.17) is 4.99 Å². The average Bonchev–Trinajstić information content (AvgIpc) is 3.84. The molecule has 2 aromatic carbocycles. The monoisotopic (exact) mass is 592 g/mol. The summed E-state index contributed by atoms with van der Waals surface area (Å²) in [6, 6.07) is 16.9. The number of alkyl halides is 3. The van der Waals surface area contributed by atoms with Crippen LogP contribution in [0.25, 0.3) is 0 Å². The fourth-order valence-electron chi connectivity index (χ4n) is 5.40. The maximum atomic E-state index is 14.2. The van der Waals surface area contributed by atoms with Crippen LogP contribution in [0, 0.1) is 11.8 Å². The smallest absolute Gasteiger partial charge is 0.392 e. The van der Waals surface area contributed by atoms with E-state index in [1.165, 1.54) is 17.0 Å². The van der Waals surface area contributed by atoms with Gasteiger partial charge in [0.15, 0.2) is 0 Å². The van der Waals surface area contributed by atoms with E-state index >= 15 is 0 Å². The molecule has 1 fully saturated rings. The SMILES string of the molecule is CCCCC(O)C(CC1CC1)C(=O)NC1N=C(c2ccc(C(F)(F)F)cc2)c2ccccc2N(Cc2ccccn2)C1=O. The number of carbonyl (C=O) groups is 2. The number of pyridine rings is 1. The molecule has 43 heavy (non-hydrogen) atoms. The van der Waals surface area contributed by atoms with Crippen LogP contribution in [0.3, 0.4) is 0 Å². The first-order chi connectivity index (χ1) is 20.7. The molecule has 3 atom stereocenters. The summed E-state index contributed by atoms with van der Waals surface area (Å²) in [4.78, 5) is 38.5. The van der Waals surface area contributed by atoms with Gasteiger partial charge in [-0.05, 0) is 49.1 Å². The summed E-state index contributed by atoms with van der Waals surface area (Å²) in [5.41, 5.74) is 1.46. The van der Waals surface area contributed by atoms with Gasteiger partial charge in [-0.1, -0.05) is 69.0 Å². The number of amides is 2. The third kappa shape index (κ3) is 7.30. The summed E-state index contributed by atoms with van der Waals surface area (Å²) >= 11 is 0. The summed E-state index contributed by atoms with van der Waals surface area (Å²) in [7, 11) is 0. The van der Waals surface area contributed by atoms with Gasteiger partial charge in [-0.2, -0.15) is 13.2 Å². The number of aromatic nitrogens is 1. The van der Waals surface area contributed by atoms with Crippen LogP contribution < -0.4 is 10.2 Å². The molecule has 0 saturated heterocycles. The first-order valence-electron chi connectivity index (χ1n) is 14.7. The summed E-state index contributed by atoms with van der Waals surface area (Å²) in [6.07, 6.45) is -0.509. The van der Waals surface area contributed by atoms with Crippen LogP contribution in [-0.2, 0) is 22.3 Å². The fourth-order valence-corrected chi connectivity index (χ4v) is 5.40. The number of carbonyl (C=O) groups excluding carboxylic acids is 2. The van der Waals surface area contributed by atoms with Crippen molar-refractivity contribution in [2.45, 2.75) is 70.4 Å². The van der Waals surface area contributed by atoms with Gasteiger partial charge in [-0.3, -0.25) is 14.6 Å². The Bertz CT molecular complexity index is 1460. The lowest BCUT2D eigenvalue weighted by molar-refractivity contribution is -0.137. The molecule has 1 aliphatic carbocycles. The first kappa shape index (κ1) is 30.4. The Balaban J connectivity index is 1.55. The number of nitrogens with one attached hydrogen (secondary N) is 1. The number of benzene rings is 2. The number of unbranched alkanes of at least 4 members (excludes halogenated alkanes) is 1. The summed E-state index contributed by atoms with van der Waals surface area (Å²) in [6.45, 7) is 2.10. The molecule has 0 bridgehead atoms. The Kier molecular flexibility index (Phi) is 9.25.